The number of halogens is 1. The molecule has 2 rings (SSSR count). The predicted molar refractivity (Wildman–Crippen MR) is 71.6 cm³/mol. The van der Waals surface area contributed by atoms with E-state index < -0.39 is 10.8 Å². The highest BCUT2D eigenvalue weighted by Gasteiger charge is 2.18. The second kappa shape index (κ2) is 6.16. The van der Waals surface area contributed by atoms with E-state index in [0.29, 0.717) is 12.2 Å². The maximum absolute atomic E-state index is 11.7. The molecule has 1 amide bonds. The molecule has 0 unspecified atom stereocenters. The van der Waals surface area contributed by atoms with Crippen molar-refractivity contribution in [1.82, 2.24) is 4.98 Å². The number of nitro groups is 1. The van der Waals surface area contributed by atoms with Crippen molar-refractivity contribution >= 4 is 29.0 Å². The van der Waals surface area contributed by atoms with E-state index in [1.807, 2.05) is 0 Å². The van der Waals surface area contributed by atoms with Gasteiger partial charge in [-0.3, -0.25) is 14.9 Å². The molecule has 1 N–H and O–H groups in total. The SMILES string of the molecule is O=C(CCc1ccco1)Nc1nc(Cl)ccc1[N+](=O)[O-]. The molecule has 104 valence electrons. The topological polar surface area (TPSA) is 98.3 Å². The van der Waals surface area contributed by atoms with E-state index in [4.69, 9.17) is 16.0 Å². The summed E-state index contributed by atoms with van der Waals surface area (Å²) in [6.07, 6.45) is 2.03. The van der Waals surface area contributed by atoms with E-state index in [1.165, 1.54) is 18.4 Å². The lowest BCUT2D eigenvalue weighted by atomic mass is 10.2. The summed E-state index contributed by atoms with van der Waals surface area (Å²) in [5.74, 6) is 0.0971. The number of rotatable bonds is 5. The van der Waals surface area contributed by atoms with Crippen LogP contribution in [0, 0.1) is 10.1 Å². The fourth-order valence-electron chi connectivity index (χ4n) is 1.55. The Morgan fingerprint density at radius 1 is 1.45 bits per heavy atom. The number of amides is 1. The second-order valence-electron chi connectivity index (χ2n) is 3.89. The highest BCUT2D eigenvalue weighted by molar-refractivity contribution is 6.29. The summed E-state index contributed by atoms with van der Waals surface area (Å²) in [6, 6.07) is 5.94. The number of carbonyl (C=O) groups excluding carboxylic acids is 1. The average molecular weight is 296 g/mol. The molecular formula is C12H10ClN3O4. The van der Waals surface area contributed by atoms with Crippen LogP contribution in [0.2, 0.25) is 5.15 Å². The standard InChI is InChI=1S/C12H10ClN3O4/c13-10-5-4-9(16(18)19)12(14-10)15-11(17)6-3-8-2-1-7-20-8/h1-2,4-5,7H,3,6H2,(H,14,15,17). The van der Waals surface area contributed by atoms with Crippen molar-refractivity contribution < 1.29 is 14.1 Å². The zero-order chi connectivity index (χ0) is 14.5. The summed E-state index contributed by atoms with van der Waals surface area (Å²) >= 11 is 5.66. The second-order valence-corrected chi connectivity index (χ2v) is 4.27. The van der Waals surface area contributed by atoms with Crippen LogP contribution in [0.5, 0.6) is 0 Å². The maximum atomic E-state index is 11.7. The number of hydrogen-bond acceptors (Lipinski definition) is 5. The van der Waals surface area contributed by atoms with Gasteiger partial charge in [0, 0.05) is 18.9 Å². The molecule has 0 aliphatic carbocycles. The Hall–Kier alpha value is -2.41. The highest BCUT2D eigenvalue weighted by atomic mass is 35.5. The lowest BCUT2D eigenvalue weighted by Gasteiger charge is -2.04. The van der Waals surface area contributed by atoms with E-state index in [1.54, 1.807) is 12.1 Å². The van der Waals surface area contributed by atoms with Gasteiger partial charge in [-0.05, 0) is 18.2 Å². The van der Waals surface area contributed by atoms with Gasteiger partial charge in [0.15, 0.2) is 0 Å². The molecule has 2 aromatic rings. The van der Waals surface area contributed by atoms with Gasteiger partial charge in [-0.25, -0.2) is 4.98 Å². The van der Waals surface area contributed by atoms with Gasteiger partial charge in [-0.15, -0.1) is 0 Å². The van der Waals surface area contributed by atoms with Gasteiger partial charge in [0.2, 0.25) is 11.7 Å². The minimum absolute atomic E-state index is 0.0666. The Bertz CT molecular complexity index is 628. The van der Waals surface area contributed by atoms with Crippen LogP contribution in [0.4, 0.5) is 11.5 Å². The van der Waals surface area contributed by atoms with Gasteiger partial charge < -0.3 is 9.73 Å². The number of pyridine rings is 1. The number of nitrogens with one attached hydrogen (secondary N) is 1. The van der Waals surface area contributed by atoms with Gasteiger partial charge in [0.05, 0.1) is 11.2 Å². The molecule has 0 radical (unpaired) electrons. The fraction of sp³-hybridized carbons (Fsp3) is 0.167. The molecule has 0 spiro atoms. The minimum atomic E-state index is -0.633. The van der Waals surface area contributed by atoms with Crippen molar-refractivity contribution in [2.45, 2.75) is 12.8 Å². The van der Waals surface area contributed by atoms with Gasteiger partial charge in [-0.2, -0.15) is 0 Å². The highest BCUT2D eigenvalue weighted by Crippen LogP contribution is 2.24. The molecule has 20 heavy (non-hydrogen) atoms. The average Bonchev–Trinajstić information content (AvgIpc) is 2.89. The number of hydrogen-bond donors (Lipinski definition) is 1. The van der Waals surface area contributed by atoms with Crippen molar-refractivity contribution in [2.24, 2.45) is 0 Å². The van der Waals surface area contributed by atoms with Crippen LogP contribution in [0.25, 0.3) is 0 Å². The third-order valence-electron chi connectivity index (χ3n) is 2.47. The van der Waals surface area contributed by atoms with Gasteiger partial charge in [0.1, 0.15) is 10.9 Å². The summed E-state index contributed by atoms with van der Waals surface area (Å²) < 4.78 is 5.09. The number of aryl methyl sites for hydroxylation is 1. The first-order valence-corrected chi connectivity index (χ1v) is 6.07. The summed E-state index contributed by atoms with van der Waals surface area (Å²) in [5.41, 5.74) is -0.305. The van der Waals surface area contributed by atoms with Gasteiger partial charge >= 0.3 is 5.69 Å². The molecule has 0 bridgehead atoms. The Morgan fingerprint density at radius 3 is 2.90 bits per heavy atom. The van der Waals surface area contributed by atoms with Crippen LogP contribution in [-0.4, -0.2) is 15.8 Å². The smallest absolute Gasteiger partial charge is 0.311 e. The van der Waals surface area contributed by atoms with Crippen LogP contribution in [0.15, 0.2) is 34.9 Å². The molecule has 0 aliphatic rings. The Kier molecular flexibility index (Phi) is 4.31. The Morgan fingerprint density at radius 2 is 2.25 bits per heavy atom. The minimum Gasteiger partial charge on any atom is -0.469 e. The summed E-state index contributed by atoms with van der Waals surface area (Å²) in [7, 11) is 0. The molecule has 7 nitrogen and oxygen atoms in total. The lowest BCUT2D eigenvalue weighted by molar-refractivity contribution is -0.384. The first-order chi connectivity index (χ1) is 9.56. The molecule has 2 aromatic heterocycles. The zero-order valence-corrected chi connectivity index (χ0v) is 11.0. The molecule has 0 aromatic carbocycles. The maximum Gasteiger partial charge on any atom is 0.311 e. The molecule has 0 atom stereocenters. The van der Waals surface area contributed by atoms with Gasteiger partial charge in [-0.1, -0.05) is 11.6 Å². The van der Waals surface area contributed by atoms with Crippen molar-refractivity contribution in [3.05, 3.63) is 51.6 Å². The normalized spacial score (nSPS) is 10.2. The van der Waals surface area contributed by atoms with E-state index in [-0.39, 0.29) is 23.1 Å². The molecule has 0 saturated heterocycles. The third kappa shape index (κ3) is 3.55. The largest absolute Gasteiger partial charge is 0.469 e. The quantitative estimate of drug-likeness (QED) is 0.519. The molecule has 0 saturated carbocycles. The summed E-state index contributed by atoms with van der Waals surface area (Å²) in [4.78, 5) is 25.7. The Labute approximate surface area is 118 Å². The fourth-order valence-corrected chi connectivity index (χ4v) is 1.70. The number of carbonyl (C=O) groups is 1. The van der Waals surface area contributed by atoms with Crippen molar-refractivity contribution in [3.63, 3.8) is 0 Å². The van der Waals surface area contributed by atoms with Gasteiger partial charge in [0.25, 0.3) is 0 Å². The van der Waals surface area contributed by atoms with E-state index in [9.17, 15) is 14.9 Å². The third-order valence-corrected chi connectivity index (χ3v) is 2.68. The molecule has 2 heterocycles. The first-order valence-electron chi connectivity index (χ1n) is 5.69. The van der Waals surface area contributed by atoms with Crippen molar-refractivity contribution in [3.8, 4) is 0 Å². The van der Waals surface area contributed by atoms with E-state index in [2.05, 4.69) is 10.3 Å². The van der Waals surface area contributed by atoms with E-state index in [0.717, 1.165) is 0 Å². The summed E-state index contributed by atoms with van der Waals surface area (Å²) in [6.45, 7) is 0. The van der Waals surface area contributed by atoms with Crippen LogP contribution in [0.1, 0.15) is 12.2 Å². The van der Waals surface area contributed by atoms with Crippen LogP contribution < -0.4 is 5.32 Å². The molecular weight excluding hydrogens is 286 g/mol. The lowest BCUT2D eigenvalue weighted by Crippen LogP contribution is -2.14. The monoisotopic (exact) mass is 295 g/mol. The summed E-state index contributed by atoms with van der Waals surface area (Å²) in [5, 5.41) is 13.3. The molecule has 0 aliphatic heterocycles. The zero-order valence-electron chi connectivity index (χ0n) is 10.2. The van der Waals surface area contributed by atoms with Crippen molar-refractivity contribution in [2.75, 3.05) is 5.32 Å². The van der Waals surface area contributed by atoms with Crippen LogP contribution >= 0.6 is 11.6 Å². The first kappa shape index (κ1) is 14.0. The number of nitrogens with zero attached hydrogens (tertiary/aromatic N) is 2. The van der Waals surface area contributed by atoms with Crippen LogP contribution in [0.3, 0.4) is 0 Å². The molecule has 0 fully saturated rings. The van der Waals surface area contributed by atoms with Crippen molar-refractivity contribution in [1.29, 1.82) is 0 Å². The number of anilines is 1. The molecule has 8 heteroatoms. The van der Waals surface area contributed by atoms with E-state index >= 15 is 0 Å². The number of aromatic nitrogens is 1. The Balaban J connectivity index is 2.03. The predicted octanol–water partition coefficient (Wildman–Crippen LogP) is 2.81. The number of furan rings is 1. The van der Waals surface area contributed by atoms with Crippen LogP contribution in [-0.2, 0) is 11.2 Å².